The first kappa shape index (κ1) is 15.1. The van der Waals surface area contributed by atoms with Crippen LogP contribution in [0.5, 0.6) is 0 Å². The maximum absolute atomic E-state index is 12.6. The average molecular weight is 306 g/mol. The van der Waals surface area contributed by atoms with E-state index in [9.17, 15) is 4.79 Å². The van der Waals surface area contributed by atoms with Crippen molar-refractivity contribution in [2.75, 3.05) is 7.05 Å². The number of pyridine rings is 1. The molecule has 0 aliphatic heterocycles. The molecule has 0 aliphatic rings. The molecule has 0 spiro atoms. The Morgan fingerprint density at radius 1 is 1.13 bits per heavy atom. The lowest BCUT2D eigenvalue weighted by atomic mass is 10.1. The van der Waals surface area contributed by atoms with Crippen LogP contribution >= 0.6 is 0 Å². The largest absolute Gasteiger partial charge is 0.337 e. The van der Waals surface area contributed by atoms with Crippen molar-refractivity contribution < 1.29 is 4.79 Å². The van der Waals surface area contributed by atoms with Crippen LogP contribution in [-0.4, -0.2) is 32.8 Å². The summed E-state index contributed by atoms with van der Waals surface area (Å²) in [7, 11) is 1.79. The predicted octanol–water partition coefficient (Wildman–Crippen LogP) is 2.91. The Morgan fingerprint density at radius 2 is 1.96 bits per heavy atom. The summed E-state index contributed by atoms with van der Waals surface area (Å²) in [6, 6.07) is 9.88. The Kier molecular flexibility index (Phi) is 4.02. The van der Waals surface area contributed by atoms with Gasteiger partial charge in [-0.05, 0) is 31.5 Å². The Bertz CT molecular complexity index is 871. The molecule has 23 heavy (non-hydrogen) atoms. The number of aromatic nitrogens is 3. The van der Waals surface area contributed by atoms with Gasteiger partial charge in [0.2, 0.25) is 0 Å². The van der Waals surface area contributed by atoms with Crippen LogP contribution in [0.1, 0.15) is 27.4 Å². The fourth-order valence-corrected chi connectivity index (χ4v) is 2.63. The summed E-state index contributed by atoms with van der Waals surface area (Å²) in [5, 5.41) is 1.06. The maximum Gasteiger partial charge on any atom is 0.257 e. The van der Waals surface area contributed by atoms with E-state index in [0.717, 1.165) is 16.5 Å². The highest BCUT2D eigenvalue weighted by molar-refractivity contribution is 5.95. The predicted molar refractivity (Wildman–Crippen MR) is 89.0 cm³/mol. The number of aryl methyl sites for hydroxylation is 2. The minimum atomic E-state index is -0.0802. The Morgan fingerprint density at radius 3 is 2.74 bits per heavy atom. The minimum Gasteiger partial charge on any atom is -0.337 e. The number of rotatable bonds is 3. The molecule has 2 aromatic heterocycles. The zero-order valence-electron chi connectivity index (χ0n) is 13.4. The van der Waals surface area contributed by atoms with Crippen molar-refractivity contribution in [3.05, 3.63) is 65.4 Å². The second-order valence-corrected chi connectivity index (χ2v) is 5.56. The van der Waals surface area contributed by atoms with Gasteiger partial charge in [-0.1, -0.05) is 18.2 Å². The summed E-state index contributed by atoms with van der Waals surface area (Å²) in [5.41, 5.74) is 3.24. The molecule has 0 bridgehead atoms. The first-order valence-corrected chi connectivity index (χ1v) is 7.44. The number of hydrogen-bond acceptors (Lipinski definition) is 4. The van der Waals surface area contributed by atoms with Gasteiger partial charge in [0.25, 0.3) is 5.91 Å². The molecule has 0 saturated heterocycles. The van der Waals surface area contributed by atoms with Crippen molar-refractivity contribution in [3.8, 4) is 0 Å². The third-order valence-electron chi connectivity index (χ3n) is 3.82. The van der Waals surface area contributed by atoms with Crippen LogP contribution in [0, 0.1) is 13.8 Å². The van der Waals surface area contributed by atoms with Crippen molar-refractivity contribution >= 4 is 16.8 Å². The standard InChI is InChI=1S/C18H18N4O/c1-12-16(10-20-13(2)21-12)18(23)22(3)11-14-6-4-8-17-15(14)7-5-9-19-17/h4-10H,11H2,1-3H3. The third kappa shape index (κ3) is 3.04. The molecule has 0 N–H and O–H groups in total. The number of amides is 1. The highest BCUT2D eigenvalue weighted by Crippen LogP contribution is 2.19. The topological polar surface area (TPSA) is 59.0 Å². The van der Waals surface area contributed by atoms with Gasteiger partial charge < -0.3 is 4.90 Å². The normalized spacial score (nSPS) is 10.7. The summed E-state index contributed by atoms with van der Waals surface area (Å²) < 4.78 is 0. The highest BCUT2D eigenvalue weighted by atomic mass is 16.2. The van der Waals surface area contributed by atoms with E-state index in [-0.39, 0.29) is 5.91 Å². The molecule has 0 saturated carbocycles. The summed E-state index contributed by atoms with van der Waals surface area (Å²) >= 11 is 0. The van der Waals surface area contributed by atoms with Gasteiger partial charge in [-0.2, -0.15) is 0 Å². The fourth-order valence-electron chi connectivity index (χ4n) is 2.63. The van der Waals surface area contributed by atoms with Gasteiger partial charge in [0.1, 0.15) is 5.82 Å². The van der Waals surface area contributed by atoms with E-state index in [0.29, 0.717) is 23.6 Å². The van der Waals surface area contributed by atoms with Gasteiger partial charge in [0.15, 0.2) is 0 Å². The number of carbonyl (C=O) groups is 1. The summed E-state index contributed by atoms with van der Waals surface area (Å²) in [4.78, 5) is 27.1. The van der Waals surface area contributed by atoms with Crippen LogP contribution < -0.4 is 0 Å². The number of benzene rings is 1. The summed E-state index contributed by atoms with van der Waals surface area (Å²) in [5.74, 6) is 0.588. The van der Waals surface area contributed by atoms with Gasteiger partial charge in [-0.15, -0.1) is 0 Å². The number of fused-ring (bicyclic) bond motifs is 1. The lowest BCUT2D eigenvalue weighted by molar-refractivity contribution is 0.0784. The fraction of sp³-hybridized carbons (Fsp3) is 0.222. The Hall–Kier alpha value is -2.82. The Labute approximate surface area is 135 Å². The minimum absolute atomic E-state index is 0.0802. The van der Waals surface area contributed by atoms with Crippen molar-refractivity contribution in [1.29, 1.82) is 0 Å². The summed E-state index contributed by atoms with van der Waals surface area (Å²) in [6.07, 6.45) is 3.37. The van der Waals surface area contributed by atoms with Crippen LogP contribution in [0.15, 0.2) is 42.7 Å². The van der Waals surface area contributed by atoms with Gasteiger partial charge >= 0.3 is 0 Å². The van der Waals surface area contributed by atoms with Crippen molar-refractivity contribution in [3.63, 3.8) is 0 Å². The first-order chi connectivity index (χ1) is 11.1. The second kappa shape index (κ2) is 6.12. The van der Waals surface area contributed by atoms with Crippen molar-refractivity contribution in [1.82, 2.24) is 19.9 Å². The molecule has 116 valence electrons. The van der Waals surface area contributed by atoms with Crippen molar-refractivity contribution in [2.45, 2.75) is 20.4 Å². The van der Waals surface area contributed by atoms with E-state index >= 15 is 0 Å². The monoisotopic (exact) mass is 306 g/mol. The molecule has 3 aromatic rings. The molecule has 0 unspecified atom stereocenters. The molecule has 0 radical (unpaired) electrons. The van der Waals surface area contributed by atoms with Crippen LogP contribution in [0.2, 0.25) is 0 Å². The SMILES string of the molecule is Cc1ncc(C(=O)N(C)Cc2cccc3ncccc23)c(C)n1. The molecule has 0 atom stereocenters. The van der Waals surface area contributed by atoms with E-state index in [4.69, 9.17) is 0 Å². The number of carbonyl (C=O) groups excluding carboxylic acids is 1. The van der Waals surface area contributed by atoms with E-state index in [1.54, 1.807) is 24.3 Å². The summed E-state index contributed by atoms with van der Waals surface area (Å²) in [6.45, 7) is 4.15. The molecule has 0 aliphatic carbocycles. The number of nitrogens with zero attached hydrogens (tertiary/aromatic N) is 4. The molecule has 2 heterocycles. The quantitative estimate of drug-likeness (QED) is 0.746. The molecule has 5 heteroatoms. The smallest absolute Gasteiger partial charge is 0.257 e. The Balaban J connectivity index is 1.88. The molecular formula is C18H18N4O. The van der Waals surface area contributed by atoms with E-state index < -0.39 is 0 Å². The lowest BCUT2D eigenvalue weighted by Crippen LogP contribution is -2.27. The molecule has 1 aromatic carbocycles. The van der Waals surface area contributed by atoms with E-state index in [1.807, 2.05) is 44.2 Å². The molecular weight excluding hydrogens is 288 g/mol. The van der Waals surface area contributed by atoms with Gasteiger partial charge in [0, 0.05) is 31.4 Å². The van der Waals surface area contributed by atoms with Gasteiger partial charge in [0.05, 0.1) is 16.8 Å². The average Bonchev–Trinajstić information content (AvgIpc) is 2.54. The van der Waals surface area contributed by atoms with Crippen LogP contribution in [0.4, 0.5) is 0 Å². The van der Waals surface area contributed by atoms with Crippen LogP contribution in [0.25, 0.3) is 10.9 Å². The van der Waals surface area contributed by atoms with E-state index in [1.165, 1.54) is 0 Å². The molecule has 3 rings (SSSR count). The third-order valence-corrected chi connectivity index (χ3v) is 3.82. The van der Waals surface area contributed by atoms with Gasteiger partial charge in [-0.3, -0.25) is 9.78 Å². The molecule has 0 fully saturated rings. The lowest BCUT2D eigenvalue weighted by Gasteiger charge is -2.19. The zero-order chi connectivity index (χ0) is 16.4. The highest BCUT2D eigenvalue weighted by Gasteiger charge is 2.16. The van der Waals surface area contributed by atoms with Gasteiger partial charge in [-0.25, -0.2) is 9.97 Å². The van der Waals surface area contributed by atoms with E-state index in [2.05, 4.69) is 15.0 Å². The molecule has 1 amide bonds. The molecule has 5 nitrogen and oxygen atoms in total. The first-order valence-electron chi connectivity index (χ1n) is 7.44. The van der Waals surface area contributed by atoms with Crippen LogP contribution in [0.3, 0.4) is 0 Å². The number of hydrogen-bond donors (Lipinski definition) is 0. The zero-order valence-corrected chi connectivity index (χ0v) is 13.4. The maximum atomic E-state index is 12.6. The van der Waals surface area contributed by atoms with Crippen LogP contribution in [-0.2, 0) is 6.54 Å². The van der Waals surface area contributed by atoms with Crippen molar-refractivity contribution in [2.24, 2.45) is 0 Å². The second-order valence-electron chi connectivity index (χ2n) is 5.56.